The molecule has 302 valence electrons. The van der Waals surface area contributed by atoms with Crippen molar-refractivity contribution >= 4 is 11.9 Å². The van der Waals surface area contributed by atoms with Gasteiger partial charge in [-0.1, -0.05) is 60.1 Å². The minimum Gasteiger partial charge on any atom is -0.465 e. The van der Waals surface area contributed by atoms with E-state index in [1.807, 2.05) is 0 Å². The summed E-state index contributed by atoms with van der Waals surface area (Å²) in [5.74, 6) is 0.427. The molecule has 0 radical (unpaired) electrons. The molecule has 6 rings (SSSR count). The Morgan fingerprint density at radius 3 is 2.11 bits per heavy atom. The molecule has 0 amide bonds. The van der Waals surface area contributed by atoms with Gasteiger partial charge >= 0.3 is 11.9 Å². The van der Waals surface area contributed by atoms with Gasteiger partial charge in [0.15, 0.2) is 12.4 Å². The third-order valence-electron chi connectivity index (χ3n) is 16.6. The van der Waals surface area contributed by atoms with E-state index >= 15 is 0 Å². The van der Waals surface area contributed by atoms with Crippen LogP contribution in [-0.2, 0) is 28.5 Å². The average Bonchev–Trinajstić information content (AvgIpc) is 3.10. The van der Waals surface area contributed by atoms with Gasteiger partial charge in [-0.05, 0) is 135 Å². The molecular formula is C43H70O10. The number of carbonyl (C=O) groups is 2. The largest absolute Gasteiger partial charge is 0.465 e. The Hall–Kier alpha value is -1.56. The number of fused-ring (bicyclic) bond motifs is 7. The lowest BCUT2D eigenvalue weighted by Crippen LogP contribution is -2.65. The first-order valence-electron chi connectivity index (χ1n) is 20.7. The van der Waals surface area contributed by atoms with Gasteiger partial charge in [0.25, 0.3) is 0 Å². The molecule has 5 aliphatic carbocycles. The zero-order valence-electron chi connectivity index (χ0n) is 33.8. The minimum absolute atomic E-state index is 0.0199. The van der Waals surface area contributed by atoms with Crippen LogP contribution in [0.3, 0.4) is 0 Å². The molecule has 6 aliphatic rings. The van der Waals surface area contributed by atoms with Crippen LogP contribution in [0.25, 0.3) is 0 Å². The van der Waals surface area contributed by atoms with Crippen LogP contribution in [0, 0.1) is 50.2 Å². The molecule has 4 N–H and O–H groups in total. The second-order valence-electron chi connectivity index (χ2n) is 20.1. The molecule has 0 aromatic heterocycles. The van der Waals surface area contributed by atoms with Gasteiger partial charge < -0.3 is 39.4 Å². The summed E-state index contributed by atoms with van der Waals surface area (Å²) < 4.78 is 21.7. The molecule has 1 saturated heterocycles. The third-order valence-corrected chi connectivity index (χ3v) is 16.6. The fourth-order valence-electron chi connectivity index (χ4n) is 13.0. The zero-order valence-corrected chi connectivity index (χ0v) is 33.8. The van der Waals surface area contributed by atoms with Crippen molar-refractivity contribution in [3.8, 4) is 0 Å². The normalized spacial score (nSPS) is 45.7. The Kier molecular flexibility index (Phi) is 11.4. The quantitative estimate of drug-likeness (QED) is 0.115. The van der Waals surface area contributed by atoms with E-state index in [-0.39, 0.29) is 51.7 Å². The summed E-state index contributed by atoms with van der Waals surface area (Å²) >= 11 is 0. The van der Waals surface area contributed by atoms with Crippen LogP contribution in [-0.4, -0.2) is 89.5 Å². The van der Waals surface area contributed by atoms with Crippen molar-refractivity contribution in [2.24, 2.45) is 50.2 Å². The molecule has 10 heteroatoms. The second kappa shape index (κ2) is 14.7. The number of aliphatic hydroxyl groups excluding tert-OH is 4. The van der Waals surface area contributed by atoms with Crippen LogP contribution in [0.4, 0.5) is 0 Å². The maximum atomic E-state index is 14.3. The van der Waals surface area contributed by atoms with Gasteiger partial charge in [0, 0.05) is 7.11 Å². The van der Waals surface area contributed by atoms with Gasteiger partial charge in [-0.25, -0.2) is 4.79 Å². The van der Waals surface area contributed by atoms with Gasteiger partial charge in [-0.15, -0.1) is 0 Å². The van der Waals surface area contributed by atoms with Crippen LogP contribution in [0.15, 0.2) is 11.6 Å². The Morgan fingerprint density at radius 1 is 0.774 bits per heavy atom. The molecule has 4 saturated carbocycles. The Morgan fingerprint density at radius 2 is 1.43 bits per heavy atom. The van der Waals surface area contributed by atoms with Crippen molar-refractivity contribution in [2.75, 3.05) is 20.3 Å². The van der Waals surface area contributed by atoms with Crippen molar-refractivity contribution in [2.45, 2.75) is 175 Å². The maximum absolute atomic E-state index is 14.3. The Labute approximate surface area is 317 Å². The van der Waals surface area contributed by atoms with Gasteiger partial charge in [0.1, 0.15) is 18.3 Å². The fraction of sp³-hybridized carbons (Fsp3) is 0.907. The predicted molar refractivity (Wildman–Crippen MR) is 199 cm³/mol. The summed E-state index contributed by atoms with van der Waals surface area (Å²) in [6, 6.07) is 0. The minimum atomic E-state index is -1.62. The number of aliphatic hydroxyl groups is 4. The average molecular weight is 747 g/mol. The molecule has 0 unspecified atom stereocenters. The highest BCUT2D eigenvalue weighted by Crippen LogP contribution is 2.75. The van der Waals surface area contributed by atoms with Crippen LogP contribution in [0.5, 0.6) is 0 Å². The standard InChI is InChI=1S/C43H70O10/c1-38(2)19-21-43(37(49)52-24-12-10-9-11-23-51-35(48)34-32(46)31(45)33(47)36(50-8)53-34)22-20-41(6)26(27(43)25-38)13-14-29-40(5)17-16-30(44)39(3,4)28(40)15-18-42(29,41)7/h13,27-34,36,44-47H,9-12,14-25H2,1-8H3/t27-,28-,29+,30-,31-,32-,33+,34-,36-,40-,41+,42+,43-/m0/s1. The number of hydrogen-bond acceptors (Lipinski definition) is 10. The molecule has 0 aromatic carbocycles. The number of hydrogen-bond donors (Lipinski definition) is 4. The third kappa shape index (κ3) is 6.75. The van der Waals surface area contributed by atoms with Crippen LogP contribution >= 0.6 is 0 Å². The van der Waals surface area contributed by atoms with Gasteiger partial charge in [0.05, 0.1) is 24.7 Å². The van der Waals surface area contributed by atoms with E-state index in [2.05, 4.69) is 54.5 Å². The molecule has 0 bridgehead atoms. The first kappa shape index (κ1) is 41.1. The molecule has 10 nitrogen and oxygen atoms in total. The molecule has 1 aliphatic heterocycles. The van der Waals surface area contributed by atoms with Crippen molar-refractivity contribution in [1.82, 2.24) is 0 Å². The number of carbonyl (C=O) groups excluding carboxylic acids is 2. The lowest BCUT2D eigenvalue weighted by Gasteiger charge is -2.71. The smallest absolute Gasteiger partial charge is 0.338 e. The predicted octanol–water partition coefficient (Wildman–Crippen LogP) is 6.25. The molecule has 13 atom stereocenters. The maximum Gasteiger partial charge on any atom is 0.338 e. The molecular weight excluding hydrogens is 676 g/mol. The molecule has 0 aromatic rings. The van der Waals surface area contributed by atoms with Gasteiger partial charge in [0.2, 0.25) is 0 Å². The van der Waals surface area contributed by atoms with Crippen LogP contribution in [0.1, 0.15) is 138 Å². The van der Waals surface area contributed by atoms with Crippen LogP contribution < -0.4 is 0 Å². The Bertz CT molecular complexity index is 1390. The summed E-state index contributed by atoms with van der Waals surface area (Å²) in [6.07, 6.45) is 8.02. The highest BCUT2D eigenvalue weighted by atomic mass is 16.7. The number of esters is 2. The zero-order chi connectivity index (χ0) is 38.8. The van der Waals surface area contributed by atoms with E-state index in [0.717, 1.165) is 77.0 Å². The Balaban J connectivity index is 1.05. The molecule has 0 spiro atoms. The van der Waals surface area contributed by atoms with Crippen molar-refractivity contribution in [3.63, 3.8) is 0 Å². The van der Waals surface area contributed by atoms with E-state index in [9.17, 15) is 30.0 Å². The van der Waals surface area contributed by atoms with Gasteiger partial charge in [-0.2, -0.15) is 0 Å². The molecule has 5 fully saturated rings. The van der Waals surface area contributed by atoms with E-state index < -0.39 is 42.1 Å². The van der Waals surface area contributed by atoms with E-state index in [4.69, 9.17) is 18.9 Å². The highest BCUT2D eigenvalue weighted by molar-refractivity contribution is 5.79. The van der Waals surface area contributed by atoms with Crippen LogP contribution in [0.2, 0.25) is 0 Å². The summed E-state index contributed by atoms with van der Waals surface area (Å²) in [6.45, 7) is 17.5. The van der Waals surface area contributed by atoms with Crippen molar-refractivity contribution in [1.29, 1.82) is 0 Å². The van der Waals surface area contributed by atoms with E-state index in [1.54, 1.807) is 0 Å². The topological polar surface area (TPSA) is 152 Å². The lowest BCUT2D eigenvalue weighted by atomic mass is 9.33. The first-order valence-corrected chi connectivity index (χ1v) is 20.7. The summed E-state index contributed by atoms with van der Waals surface area (Å²) in [7, 11) is 1.27. The van der Waals surface area contributed by atoms with E-state index in [0.29, 0.717) is 24.9 Å². The number of unbranched alkanes of at least 4 members (excludes halogenated alkanes) is 3. The summed E-state index contributed by atoms with van der Waals surface area (Å²) in [5.41, 5.74) is 1.51. The van der Waals surface area contributed by atoms with E-state index in [1.165, 1.54) is 19.1 Å². The van der Waals surface area contributed by atoms with Crippen molar-refractivity contribution < 1.29 is 49.0 Å². The monoisotopic (exact) mass is 746 g/mol. The summed E-state index contributed by atoms with van der Waals surface area (Å²) in [4.78, 5) is 26.8. The lowest BCUT2D eigenvalue weighted by molar-refractivity contribution is -0.288. The van der Waals surface area contributed by atoms with Gasteiger partial charge in [-0.3, -0.25) is 4.79 Å². The number of methoxy groups -OCH3 is 1. The second-order valence-corrected chi connectivity index (χ2v) is 20.1. The number of rotatable bonds is 10. The SMILES string of the molecule is CO[C@H]1O[C@H](C(=O)OCCCCCCOC(=O)[C@]23CCC(C)(C)C[C@H]2C2=CC[C@@H]4[C@@]5(C)CC[C@H](O)C(C)(C)[C@@H]5CC[C@@]4(C)[C@]2(C)CC3)[C@@H](O)[C@H](O)[C@H]1O. The number of ether oxygens (including phenoxy) is 4. The summed E-state index contributed by atoms with van der Waals surface area (Å²) in [5, 5.41) is 41.2. The first-order chi connectivity index (χ1) is 24.8. The molecule has 1 heterocycles. The fourth-order valence-corrected chi connectivity index (χ4v) is 13.0. The highest BCUT2D eigenvalue weighted by Gasteiger charge is 2.69. The van der Waals surface area contributed by atoms with Crippen molar-refractivity contribution in [3.05, 3.63) is 11.6 Å². The number of allylic oxidation sites excluding steroid dienone is 2. The molecule has 53 heavy (non-hydrogen) atoms.